The molecule has 0 spiro atoms. The van der Waals surface area contributed by atoms with E-state index in [4.69, 9.17) is 0 Å². The second kappa shape index (κ2) is 6.31. The Balaban J connectivity index is 1.83. The maximum atomic E-state index is 12.6. The summed E-state index contributed by atoms with van der Waals surface area (Å²) in [7, 11) is 1.87. The number of hydrogen-bond acceptors (Lipinski definition) is 3. The number of benzene rings is 1. The first-order valence-electron chi connectivity index (χ1n) is 7.86. The number of nitrogens with one attached hydrogen (secondary N) is 1. The van der Waals surface area contributed by atoms with Crippen molar-refractivity contribution >= 4 is 5.91 Å². The third kappa shape index (κ3) is 2.95. The molecule has 1 amide bonds. The predicted octanol–water partition coefficient (Wildman–Crippen LogP) is 2.46. The lowest BCUT2D eigenvalue weighted by molar-refractivity contribution is 0.0949. The number of hydrogen-bond donors (Lipinski definition) is 1. The molecule has 0 aliphatic carbocycles. The summed E-state index contributed by atoms with van der Waals surface area (Å²) in [6, 6.07) is 11.8. The van der Waals surface area contributed by atoms with Crippen molar-refractivity contribution in [2.24, 2.45) is 7.05 Å². The van der Waals surface area contributed by atoms with Gasteiger partial charge in [-0.3, -0.25) is 9.48 Å². The fourth-order valence-corrected chi connectivity index (χ4v) is 2.88. The highest BCUT2D eigenvalue weighted by Crippen LogP contribution is 2.18. The van der Waals surface area contributed by atoms with Crippen molar-refractivity contribution in [3.63, 3.8) is 0 Å². The smallest absolute Gasteiger partial charge is 0.255 e. The lowest BCUT2D eigenvalue weighted by atomic mass is 10.2. The molecule has 0 aliphatic heterocycles. The van der Waals surface area contributed by atoms with E-state index in [2.05, 4.69) is 15.5 Å². The molecule has 24 heavy (non-hydrogen) atoms. The van der Waals surface area contributed by atoms with E-state index in [-0.39, 0.29) is 5.91 Å². The van der Waals surface area contributed by atoms with Gasteiger partial charge < -0.3 is 5.32 Å². The molecule has 3 rings (SSSR count). The van der Waals surface area contributed by atoms with Gasteiger partial charge in [0.1, 0.15) is 0 Å². The molecular formula is C18H21N5O. The van der Waals surface area contributed by atoms with E-state index in [0.29, 0.717) is 12.1 Å². The first-order valence-corrected chi connectivity index (χ1v) is 7.86. The maximum absolute atomic E-state index is 12.6. The molecule has 0 atom stereocenters. The number of rotatable bonds is 4. The zero-order chi connectivity index (χ0) is 17.3. The average molecular weight is 323 g/mol. The summed E-state index contributed by atoms with van der Waals surface area (Å²) in [6.07, 6.45) is 0. The van der Waals surface area contributed by atoms with Crippen molar-refractivity contribution in [1.29, 1.82) is 0 Å². The zero-order valence-corrected chi connectivity index (χ0v) is 14.4. The van der Waals surface area contributed by atoms with Gasteiger partial charge in [0.2, 0.25) is 0 Å². The number of aromatic nitrogens is 4. The average Bonchev–Trinajstić information content (AvgIpc) is 3.04. The molecule has 0 fully saturated rings. The highest BCUT2D eigenvalue weighted by molar-refractivity contribution is 5.96. The molecule has 1 N–H and O–H groups in total. The topological polar surface area (TPSA) is 64.7 Å². The number of carbonyl (C=O) groups is 1. The molecule has 3 aromatic rings. The van der Waals surface area contributed by atoms with Gasteiger partial charge >= 0.3 is 0 Å². The van der Waals surface area contributed by atoms with Crippen molar-refractivity contribution in [2.75, 3.05) is 0 Å². The Labute approximate surface area is 141 Å². The molecule has 0 bridgehead atoms. The quantitative estimate of drug-likeness (QED) is 0.802. The summed E-state index contributed by atoms with van der Waals surface area (Å²) < 4.78 is 3.58. The van der Waals surface area contributed by atoms with Crippen LogP contribution in [0.2, 0.25) is 0 Å². The van der Waals surface area contributed by atoms with Gasteiger partial charge in [-0.1, -0.05) is 18.2 Å². The standard InChI is InChI=1S/C18H21N5O/c1-12-10-16(22(4)20-12)11-19-18(24)17-13(2)21-23(14(17)3)15-8-6-5-7-9-15/h5-10H,11H2,1-4H3,(H,19,24). The Morgan fingerprint density at radius 1 is 1.12 bits per heavy atom. The van der Waals surface area contributed by atoms with Gasteiger partial charge in [0.25, 0.3) is 5.91 Å². The third-order valence-corrected chi connectivity index (χ3v) is 4.05. The molecule has 0 unspecified atom stereocenters. The Kier molecular flexibility index (Phi) is 4.20. The maximum Gasteiger partial charge on any atom is 0.255 e. The van der Waals surface area contributed by atoms with E-state index < -0.39 is 0 Å². The van der Waals surface area contributed by atoms with Crippen molar-refractivity contribution in [3.05, 3.63) is 64.7 Å². The lowest BCUT2D eigenvalue weighted by Gasteiger charge is -2.07. The van der Waals surface area contributed by atoms with Gasteiger partial charge in [0.05, 0.1) is 40.6 Å². The lowest BCUT2D eigenvalue weighted by Crippen LogP contribution is -2.25. The van der Waals surface area contributed by atoms with E-state index in [9.17, 15) is 4.79 Å². The van der Waals surface area contributed by atoms with Crippen molar-refractivity contribution in [2.45, 2.75) is 27.3 Å². The summed E-state index contributed by atoms with van der Waals surface area (Å²) >= 11 is 0. The molecule has 6 heteroatoms. The van der Waals surface area contributed by atoms with E-state index in [0.717, 1.165) is 28.5 Å². The van der Waals surface area contributed by atoms with Crippen LogP contribution in [0.1, 0.15) is 33.1 Å². The minimum Gasteiger partial charge on any atom is -0.346 e. The molecule has 0 aliphatic rings. The van der Waals surface area contributed by atoms with Crippen molar-refractivity contribution in [3.8, 4) is 5.69 Å². The SMILES string of the molecule is Cc1cc(CNC(=O)c2c(C)nn(-c3ccccc3)c2C)n(C)n1. The van der Waals surface area contributed by atoms with Crippen LogP contribution < -0.4 is 5.32 Å². The molecule has 1 aromatic carbocycles. The van der Waals surface area contributed by atoms with Gasteiger partial charge in [0.15, 0.2) is 0 Å². The van der Waals surface area contributed by atoms with Crippen LogP contribution in [0.25, 0.3) is 5.69 Å². The number of para-hydroxylation sites is 1. The summed E-state index contributed by atoms with van der Waals surface area (Å²) in [5, 5.41) is 11.8. The van der Waals surface area contributed by atoms with Gasteiger partial charge in [-0.05, 0) is 39.0 Å². The van der Waals surface area contributed by atoms with Crippen molar-refractivity contribution in [1.82, 2.24) is 24.9 Å². The summed E-state index contributed by atoms with van der Waals surface area (Å²) in [4.78, 5) is 12.6. The monoisotopic (exact) mass is 323 g/mol. The van der Waals surface area contributed by atoms with Crippen LogP contribution in [0.5, 0.6) is 0 Å². The van der Waals surface area contributed by atoms with E-state index in [1.807, 2.05) is 64.2 Å². The summed E-state index contributed by atoms with van der Waals surface area (Å²) in [5.41, 5.74) is 5.02. The van der Waals surface area contributed by atoms with Gasteiger partial charge in [-0.15, -0.1) is 0 Å². The molecule has 0 saturated carbocycles. The molecule has 6 nitrogen and oxygen atoms in total. The first kappa shape index (κ1) is 16.0. The van der Waals surface area contributed by atoms with Crippen LogP contribution in [0.3, 0.4) is 0 Å². The normalized spacial score (nSPS) is 10.8. The molecule has 2 aromatic heterocycles. The second-order valence-corrected chi connectivity index (χ2v) is 5.88. The largest absolute Gasteiger partial charge is 0.346 e. The number of nitrogens with zero attached hydrogens (tertiary/aromatic N) is 4. The van der Waals surface area contributed by atoms with Crippen LogP contribution in [0.4, 0.5) is 0 Å². The second-order valence-electron chi connectivity index (χ2n) is 5.88. The fraction of sp³-hybridized carbons (Fsp3) is 0.278. The van der Waals surface area contributed by atoms with Crippen LogP contribution in [0, 0.1) is 20.8 Å². The highest BCUT2D eigenvalue weighted by Gasteiger charge is 2.19. The first-order chi connectivity index (χ1) is 11.5. The van der Waals surface area contributed by atoms with E-state index in [1.165, 1.54) is 0 Å². The van der Waals surface area contributed by atoms with Crippen LogP contribution in [-0.4, -0.2) is 25.5 Å². The van der Waals surface area contributed by atoms with Crippen LogP contribution in [0.15, 0.2) is 36.4 Å². The minimum atomic E-state index is -0.119. The van der Waals surface area contributed by atoms with E-state index >= 15 is 0 Å². The Bertz CT molecular complexity index is 876. The molecule has 2 heterocycles. The summed E-state index contributed by atoms with van der Waals surface area (Å²) in [6.45, 7) is 6.14. The Morgan fingerprint density at radius 2 is 1.83 bits per heavy atom. The van der Waals surface area contributed by atoms with Crippen molar-refractivity contribution < 1.29 is 4.79 Å². The number of aryl methyl sites for hydroxylation is 3. The van der Waals surface area contributed by atoms with E-state index in [1.54, 1.807) is 9.36 Å². The number of carbonyl (C=O) groups excluding carboxylic acids is 1. The van der Waals surface area contributed by atoms with Gasteiger partial charge in [-0.2, -0.15) is 10.2 Å². The zero-order valence-electron chi connectivity index (χ0n) is 14.4. The Hall–Kier alpha value is -2.89. The molecule has 0 radical (unpaired) electrons. The molecule has 124 valence electrons. The summed E-state index contributed by atoms with van der Waals surface area (Å²) in [5.74, 6) is -0.119. The third-order valence-electron chi connectivity index (χ3n) is 4.05. The van der Waals surface area contributed by atoms with Gasteiger partial charge in [-0.25, -0.2) is 4.68 Å². The Morgan fingerprint density at radius 3 is 2.46 bits per heavy atom. The highest BCUT2D eigenvalue weighted by atomic mass is 16.1. The molecule has 0 saturated heterocycles. The van der Waals surface area contributed by atoms with Gasteiger partial charge in [0, 0.05) is 7.05 Å². The van der Waals surface area contributed by atoms with Crippen LogP contribution in [-0.2, 0) is 13.6 Å². The fourth-order valence-electron chi connectivity index (χ4n) is 2.88. The minimum absolute atomic E-state index is 0.119. The number of amides is 1. The van der Waals surface area contributed by atoms with Crippen LogP contribution >= 0.6 is 0 Å². The molecular weight excluding hydrogens is 302 g/mol. The predicted molar refractivity (Wildman–Crippen MR) is 92.2 cm³/mol.